The molecule has 1 amide bonds. The van der Waals surface area contributed by atoms with E-state index in [0.717, 1.165) is 24.4 Å². The lowest BCUT2D eigenvalue weighted by Gasteiger charge is -2.31. The minimum atomic E-state index is 0.104. The van der Waals surface area contributed by atoms with Crippen molar-refractivity contribution in [3.8, 4) is 5.75 Å². The number of methoxy groups -OCH3 is 1. The Morgan fingerprint density at radius 2 is 2.38 bits per heavy atom. The normalized spacial score (nSPS) is 22.4. The Bertz CT molecular complexity index is 445. The number of nitrogens with zero attached hydrogens (tertiary/aromatic N) is 1. The molecule has 1 fully saturated rings. The summed E-state index contributed by atoms with van der Waals surface area (Å²) in [4.78, 5) is 13.6. The molecule has 1 aromatic carbocycles. The molecule has 1 saturated heterocycles. The average molecular weight is 218 g/mol. The van der Waals surface area contributed by atoms with Crippen LogP contribution in [-0.2, 0) is 11.2 Å². The van der Waals surface area contributed by atoms with Crippen LogP contribution in [0.4, 0.5) is 5.69 Å². The third kappa shape index (κ3) is 1.33. The zero-order valence-electron chi connectivity index (χ0n) is 9.19. The number of hydrogen-bond acceptors (Lipinski definition) is 3. The molecule has 2 heterocycles. The molecular formula is C12H14N2O2. The molecule has 2 aliphatic heterocycles. The van der Waals surface area contributed by atoms with Crippen molar-refractivity contribution in [1.82, 2.24) is 5.32 Å². The van der Waals surface area contributed by atoms with Crippen molar-refractivity contribution in [2.75, 3.05) is 25.1 Å². The van der Waals surface area contributed by atoms with Gasteiger partial charge in [0.1, 0.15) is 5.75 Å². The third-order valence-electron chi connectivity index (χ3n) is 3.35. The summed E-state index contributed by atoms with van der Waals surface area (Å²) >= 11 is 0. The Morgan fingerprint density at radius 1 is 1.50 bits per heavy atom. The molecule has 84 valence electrons. The minimum absolute atomic E-state index is 0.104. The maximum absolute atomic E-state index is 11.4. The molecule has 1 unspecified atom stereocenters. The fourth-order valence-corrected chi connectivity index (χ4v) is 2.51. The number of carbonyl (C=O) groups is 1. The molecule has 0 saturated carbocycles. The van der Waals surface area contributed by atoms with Crippen LogP contribution in [0.25, 0.3) is 0 Å². The topological polar surface area (TPSA) is 41.6 Å². The van der Waals surface area contributed by atoms with Crippen molar-refractivity contribution >= 4 is 11.6 Å². The molecule has 0 aromatic heterocycles. The zero-order chi connectivity index (χ0) is 11.1. The van der Waals surface area contributed by atoms with Gasteiger partial charge in [-0.05, 0) is 18.1 Å². The lowest BCUT2D eigenvalue weighted by atomic mass is 10.1. The van der Waals surface area contributed by atoms with Crippen LogP contribution in [-0.4, -0.2) is 32.1 Å². The van der Waals surface area contributed by atoms with Crippen molar-refractivity contribution in [3.63, 3.8) is 0 Å². The largest absolute Gasteiger partial charge is 0.497 e. The van der Waals surface area contributed by atoms with E-state index in [-0.39, 0.29) is 5.91 Å². The first-order chi connectivity index (χ1) is 7.78. The fourth-order valence-electron chi connectivity index (χ4n) is 2.51. The molecule has 1 N–H and O–H groups in total. The van der Waals surface area contributed by atoms with E-state index in [1.54, 1.807) is 7.11 Å². The number of ether oxygens (including phenoxy) is 1. The number of rotatable bonds is 1. The second kappa shape index (κ2) is 3.40. The summed E-state index contributed by atoms with van der Waals surface area (Å²) in [5, 5.41) is 2.91. The number of fused-ring (bicyclic) bond motifs is 3. The van der Waals surface area contributed by atoms with Gasteiger partial charge in [-0.2, -0.15) is 0 Å². The molecule has 0 radical (unpaired) electrons. The maximum Gasteiger partial charge on any atom is 0.239 e. The first kappa shape index (κ1) is 9.51. The lowest BCUT2D eigenvalue weighted by Crippen LogP contribution is -2.52. The van der Waals surface area contributed by atoms with E-state index in [1.807, 2.05) is 12.1 Å². The van der Waals surface area contributed by atoms with E-state index >= 15 is 0 Å². The molecule has 3 rings (SSSR count). The summed E-state index contributed by atoms with van der Waals surface area (Å²) in [7, 11) is 1.66. The van der Waals surface area contributed by atoms with Gasteiger partial charge < -0.3 is 15.0 Å². The van der Waals surface area contributed by atoms with Crippen molar-refractivity contribution in [1.29, 1.82) is 0 Å². The number of nitrogens with one attached hydrogen (secondary N) is 1. The number of benzene rings is 1. The minimum Gasteiger partial charge on any atom is -0.497 e. The van der Waals surface area contributed by atoms with Gasteiger partial charge in [0.2, 0.25) is 5.91 Å². The van der Waals surface area contributed by atoms with Crippen LogP contribution >= 0.6 is 0 Å². The smallest absolute Gasteiger partial charge is 0.239 e. The van der Waals surface area contributed by atoms with Crippen LogP contribution < -0.4 is 15.0 Å². The predicted octanol–water partition coefficient (Wildman–Crippen LogP) is 0.556. The van der Waals surface area contributed by atoms with Crippen LogP contribution in [0, 0.1) is 0 Å². The highest BCUT2D eigenvalue weighted by Crippen LogP contribution is 2.35. The first-order valence-electron chi connectivity index (χ1n) is 5.48. The Morgan fingerprint density at radius 3 is 3.19 bits per heavy atom. The molecule has 0 spiro atoms. The molecule has 4 heteroatoms. The fraction of sp³-hybridized carbons (Fsp3) is 0.417. The summed E-state index contributed by atoms with van der Waals surface area (Å²) in [5.41, 5.74) is 2.46. The van der Waals surface area contributed by atoms with E-state index in [9.17, 15) is 4.79 Å². The quantitative estimate of drug-likeness (QED) is 0.748. The van der Waals surface area contributed by atoms with Gasteiger partial charge in [-0.1, -0.05) is 6.07 Å². The average Bonchev–Trinajstić information content (AvgIpc) is 2.66. The summed E-state index contributed by atoms with van der Waals surface area (Å²) in [5.74, 6) is 0.956. The van der Waals surface area contributed by atoms with Crippen molar-refractivity contribution in [2.24, 2.45) is 0 Å². The van der Waals surface area contributed by atoms with Crippen molar-refractivity contribution < 1.29 is 9.53 Å². The molecular weight excluding hydrogens is 204 g/mol. The lowest BCUT2D eigenvalue weighted by molar-refractivity contribution is -0.120. The zero-order valence-corrected chi connectivity index (χ0v) is 9.19. The van der Waals surface area contributed by atoms with Crippen molar-refractivity contribution in [2.45, 2.75) is 12.5 Å². The van der Waals surface area contributed by atoms with E-state index in [2.05, 4.69) is 16.3 Å². The number of carbonyl (C=O) groups excluding carboxylic acids is 1. The molecule has 0 aliphatic carbocycles. The summed E-state index contributed by atoms with van der Waals surface area (Å²) in [6.07, 6.45) is 1.01. The van der Waals surface area contributed by atoms with Gasteiger partial charge >= 0.3 is 0 Å². The molecule has 16 heavy (non-hydrogen) atoms. The monoisotopic (exact) mass is 218 g/mol. The predicted molar refractivity (Wildman–Crippen MR) is 60.8 cm³/mol. The van der Waals surface area contributed by atoms with E-state index in [0.29, 0.717) is 12.6 Å². The van der Waals surface area contributed by atoms with Crippen molar-refractivity contribution in [3.05, 3.63) is 23.8 Å². The Balaban J connectivity index is 1.98. The van der Waals surface area contributed by atoms with Gasteiger partial charge in [0.15, 0.2) is 0 Å². The Hall–Kier alpha value is -1.71. The van der Waals surface area contributed by atoms with Crippen LogP contribution in [0.1, 0.15) is 5.56 Å². The number of hydrogen-bond donors (Lipinski definition) is 1. The highest BCUT2D eigenvalue weighted by molar-refractivity contribution is 5.84. The van der Waals surface area contributed by atoms with Crippen LogP contribution in [0.3, 0.4) is 0 Å². The Kier molecular flexibility index (Phi) is 2.02. The Labute approximate surface area is 94.2 Å². The van der Waals surface area contributed by atoms with Crippen LogP contribution in [0.15, 0.2) is 18.2 Å². The van der Waals surface area contributed by atoms with Crippen LogP contribution in [0.2, 0.25) is 0 Å². The van der Waals surface area contributed by atoms with Gasteiger partial charge in [0.05, 0.1) is 19.7 Å². The maximum atomic E-state index is 11.4. The van der Waals surface area contributed by atoms with Gasteiger partial charge in [-0.15, -0.1) is 0 Å². The summed E-state index contributed by atoms with van der Waals surface area (Å²) in [6, 6.07) is 6.51. The molecule has 2 aliphatic rings. The molecule has 4 nitrogen and oxygen atoms in total. The second-order valence-electron chi connectivity index (χ2n) is 4.28. The molecule has 1 atom stereocenters. The van der Waals surface area contributed by atoms with Gasteiger partial charge in [0.25, 0.3) is 0 Å². The number of anilines is 1. The number of amides is 1. The standard InChI is InChI=1S/C12H14N2O2/c1-16-10-3-2-8-4-9-6-13-12(15)7-14(9)11(8)5-10/h2-3,5,9H,4,6-7H2,1H3,(H,13,15). The van der Waals surface area contributed by atoms with E-state index in [4.69, 9.17) is 4.74 Å². The molecule has 0 bridgehead atoms. The third-order valence-corrected chi connectivity index (χ3v) is 3.35. The highest BCUT2D eigenvalue weighted by atomic mass is 16.5. The first-order valence-corrected chi connectivity index (χ1v) is 5.48. The highest BCUT2D eigenvalue weighted by Gasteiger charge is 2.34. The SMILES string of the molecule is COc1ccc2c(c1)N1CC(=O)NCC1C2. The summed E-state index contributed by atoms with van der Waals surface area (Å²) < 4.78 is 5.22. The van der Waals surface area contributed by atoms with E-state index < -0.39 is 0 Å². The second-order valence-corrected chi connectivity index (χ2v) is 4.28. The van der Waals surface area contributed by atoms with Gasteiger partial charge in [-0.3, -0.25) is 4.79 Å². The van der Waals surface area contributed by atoms with Crippen LogP contribution in [0.5, 0.6) is 5.75 Å². The van der Waals surface area contributed by atoms with E-state index in [1.165, 1.54) is 5.56 Å². The number of piperazine rings is 1. The summed E-state index contributed by atoms with van der Waals surface area (Å²) in [6.45, 7) is 1.21. The van der Waals surface area contributed by atoms with Gasteiger partial charge in [0, 0.05) is 18.3 Å². The van der Waals surface area contributed by atoms with Gasteiger partial charge in [-0.25, -0.2) is 0 Å². The molecule has 1 aromatic rings.